The van der Waals surface area contributed by atoms with Crippen molar-refractivity contribution in [3.63, 3.8) is 0 Å². The second-order valence-corrected chi connectivity index (χ2v) is 13.3. The van der Waals surface area contributed by atoms with Crippen LogP contribution in [0.4, 0.5) is 11.4 Å². The largest absolute Gasteiger partial charge is 0.491 e. The van der Waals surface area contributed by atoms with Crippen LogP contribution in [-0.2, 0) is 21.7 Å². The molecule has 0 unspecified atom stereocenters. The van der Waals surface area contributed by atoms with Gasteiger partial charge in [-0.1, -0.05) is 51.8 Å². The van der Waals surface area contributed by atoms with Crippen molar-refractivity contribution in [2.75, 3.05) is 43.1 Å². The van der Waals surface area contributed by atoms with Crippen molar-refractivity contribution in [1.29, 1.82) is 0 Å². The van der Waals surface area contributed by atoms with Crippen molar-refractivity contribution in [2.24, 2.45) is 0 Å². The third-order valence-corrected chi connectivity index (χ3v) is 9.39. The maximum absolute atomic E-state index is 13.6. The Balaban J connectivity index is 1.26. The van der Waals surface area contributed by atoms with Crippen LogP contribution in [0.25, 0.3) is 17.2 Å². The zero-order valence-electron chi connectivity index (χ0n) is 28.7. The number of imidazole rings is 1. The lowest BCUT2D eigenvalue weighted by Crippen LogP contribution is -2.28. The second kappa shape index (κ2) is 18.5. The number of unbranched alkanes of at least 4 members (excludes halogenated alkanes) is 1. The third-order valence-electron chi connectivity index (χ3n) is 8.37. The van der Waals surface area contributed by atoms with Crippen LogP contribution >= 0.6 is 11.8 Å². The molecule has 2 N–H and O–H groups in total. The van der Waals surface area contributed by atoms with Crippen molar-refractivity contribution >= 4 is 35.1 Å². The van der Waals surface area contributed by atoms with Gasteiger partial charge in [0.1, 0.15) is 18.2 Å². The van der Waals surface area contributed by atoms with E-state index in [9.17, 15) is 4.79 Å². The number of anilines is 2. The number of aromatic amines is 1. The Labute approximate surface area is 290 Å². The number of aromatic nitrogens is 2. The fourth-order valence-corrected chi connectivity index (χ4v) is 6.62. The van der Waals surface area contributed by atoms with Gasteiger partial charge in [0.15, 0.2) is 0 Å². The highest BCUT2D eigenvalue weighted by Gasteiger charge is 2.19. The predicted molar refractivity (Wildman–Crippen MR) is 200 cm³/mol. The average Bonchev–Trinajstić information content (AvgIpc) is 3.55. The fourth-order valence-electron chi connectivity index (χ4n) is 5.84. The summed E-state index contributed by atoms with van der Waals surface area (Å²) in [6.45, 7) is 10.4. The first kappa shape index (κ1) is 35.3. The Morgan fingerprint density at radius 3 is 2.52 bits per heavy atom. The number of ether oxygens (including phenoxy) is 2. The van der Waals surface area contributed by atoms with E-state index in [4.69, 9.17) is 9.47 Å². The first-order chi connectivity index (χ1) is 23.6. The van der Waals surface area contributed by atoms with Gasteiger partial charge in [-0.25, -0.2) is 4.98 Å². The Morgan fingerprint density at radius 1 is 0.938 bits per heavy atom. The van der Waals surface area contributed by atoms with E-state index in [1.165, 1.54) is 11.4 Å². The van der Waals surface area contributed by atoms with Gasteiger partial charge in [-0.3, -0.25) is 4.79 Å². The molecular weight excluding hydrogens is 617 g/mol. The van der Waals surface area contributed by atoms with Crippen LogP contribution in [-0.4, -0.2) is 48.8 Å². The van der Waals surface area contributed by atoms with E-state index in [1.807, 2.05) is 30.5 Å². The van der Waals surface area contributed by atoms with Gasteiger partial charge in [-0.2, -0.15) is 0 Å². The number of amides is 1. The molecule has 5 rings (SSSR count). The number of thioether (sulfide) groups is 1. The summed E-state index contributed by atoms with van der Waals surface area (Å²) < 4.78 is 11.5. The minimum Gasteiger partial charge on any atom is -0.491 e. The number of benzene rings is 3. The molecule has 0 atom stereocenters. The Morgan fingerprint density at radius 2 is 1.75 bits per heavy atom. The molecule has 48 heavy (non-hydrogen) atoms. The van der Waals surface area contributed by atoms with Gasteiger partial charge in [0.05, 0.1) is 12.4 Å². The summed E-state index contributed by atoms with van der Waals surface area (Å²) in [5.74, 6) is 2.56. The average molecular weight is 667 g/mol. The van der Waals surface area contributed by atoms with Crippen LogP contribution in [0.3, 0.4) is 0 Å². The minimum atomic E-state index is -0.0464. The number of hydrogen-bond acceptors (Lipinski definition) is 6. The monoisotopic (exact) mass is 666 g/mol. The molecule has 0 saturated heterocycles. The van der Waals surface area contributed by atoms with Gasteiger partial charge in [0.25, 0.3) is 5.91 Å². The van der Waals surface area contributed by atoms with E-state index in [0.29, 0.717) is 13.2 Å². The van der Waals surface area contributed by atoms with Crippen LogP contribution < -0.4 is 15.0 Å². The summed E-state index contributed by atoms with van der Waals surface area (Å²) in [6.07, 6.45) is 11.1. The molecular formula is C40H50N4O3S. The van der Waals surface area contributed by atoms with Crippen molar-refractivity contribution in [3.05, 3.63) is 95.6 Å². The van der Waals surface area contributed by atoms with E-state index < -0.39 is 0 Å². The van der Waals surface area contributed by atoms with Crippen molar-refractivity contribution in [2.45, 2.75) is 76.4 Å². The molecule has 1 amide bonds. The Bertz CT molecular complexity index is 1610. The van der Waals surface area contributed by atoms with Crippen LogP contribution in [0.5, 0.6) is 5.75 Å². The first-order valence-corrected chi connectivity index (χ1v) is 18.5. The number of nitrogens with zero attached hydrogens (tertiary/aromatic N) is 2. The zero-order chi connectivity index (χ0) is 33.6. The lowest BCUT2D eigenvalue weighted by atomic mass is 9.96. The van der Waals surface area contributed by atoms with E-state index in [0.717, 1.165) is 115 Å². The molecule has 0 fully saturated rings. The highest BCUT2D eigenvalue weighted by molar-refractivity contribution is 7.98. The molecule has 0 radical (unpaired) electrons. The number of nitrogens with one attached hydrogen (secondary N) is 2. The second-order valence-electron chi connectivity index (χ2n) is 12.2. The van der Waals surface area contributed by atoms with Gasteiger partial charge >= 0.3 is 0 Å². The van der Waals surface area contributed by atoms with Gasteiger partial charge in [-0.05, 0) is 103 Å². The van der Waals surface area contributed by atoms with Gasteiger partial charge in [0.2, 0.25) is 0 Å². The van der Waals surface area contributed by atoms with Crippen molar-refractivity contribution in [3.8, 4) is 16.9 Å². The highest BCUT2D eigenvalue weighted by Crippen LogP contribution is 2.33. The van der Waals surface area contributed by atoms with E-state index in [2.05, 4.69) is 89.5 Å². The molecule has 1 aliphatic heterocycles. The molecule has 7 nitrogen and oxygen atoms in total. The third kappa shape index (κ3) is 10.2. The summed E-state index contributed by atoms with van der Waals surface area (Å²) in [7, 11) is 0. The molecule has 254 valence electrons. The molecule has 3 aromatic carbocycles. The minimum absolute atomic E-state index is 0.0464. The SMILES string of the molecule is CCCCOCCOc1ccc(-c2ccc3c(c2)/C=C(/C(=O)Nc2ccc(SCc4ncc(CCC)[nH]4)cc2)CCCN3CCC)cc1. The summed E-state index contributed by atoms with van der Waals surface area (Å²) in [5, 5.41) is 3.16. The highest BCUT2D eigenvalue weighted by atomic mass is 32.2. The summed E-state index contributed by atoms with van der Waals surface area (Å²) >= 11 is 1.73. The standard InChI is InChI=1S/C40H50N4O3S/c1-4-7-23-46-24-25-47-36-16-11-30(12-17-36)31-13-20-38-33(26-31)27-32(10-8-22-44(38)21-6-3)40(45)43-34-14-18-37(19-15-34)48-29-39-41-28-35(42-39)9-5-2/h11-20,26-28H,4-10,21-25,29H2,1-3H3,(H,41,42)(H,43,45)/b32-27+. The summed E-state index contributed by atoms with van der Waals surface area (Å²) in [5.41, 5.74) is 7.25. The lowest BCUT2D eigenvalue weighted by Gasteiger charge is -2.29. The number of aryl methyl sites for hydroxylation is 1. The van der Waals surface area contributed by atoms with Crippen LogP contribution in [0.15, 0.2) is 83.4 Å². The number of rotatable bonds is 17. The maximum atomic E-state index is 13.6. The fraction of sp³-hybridized carbons (Fsp3) is 0.400. The summed E-state index contributed by atoms with van der Waals surface area (Å²) in [4.78, 5) is 25.1. The smallest absolute Gasteiger partial charge is 0.251 e. The Hall–Kier alpha value is -4.01. The number of hydrogen-bond donors (Lipinski definition) is 2. The topological polar surface area (TPSA) is 79.5 Å². The normalized spacial score (nSPS) is 14.1. The van der Waals surface area contributed by atoms with Crippen LogP contribution in [0, 0.1) is 0 Å². The molecule has 0 bridgehead atoms. The van der Waals surface area contributed by atoms with E-state index >= 15 is 0 Å². The van der Waals surface area contributed by atoms with Crippen molar-refractivity contribution in [1.82, 2.24) is 9.97 Å². The number of fused-ring (bicyclic) bond motifs is 1. The molecule has 4 aromatic rings. The quantitative estimate of drug-likeness (QED) is 0.0863. The van der Waals surface area contributed by atoms with E-state index in [-0.39, 0.29) is 5.91 Å². The van der Waals surface area contributed by atoms with Crippen LogP contribution in [0.2, 0.25) is 0 Å². The van der Waals surface area contributed by atoms with Crippen LogP contribution in [0.1, 0.15) is 76.4 Å². The number of carbonyl (C=O) groups excluding carboxylic acids is 1. The Kier molecular flexibility index (Phi) is 13.6. The summed E-state index contributed by atoms with van der Waals surface area (Å²) in [6, 6.07) is 22.9. The predicted octanol–water partition coefficient (Wildman–Crippen LogP) is 9.55. The molecule has 0 spiro atoms. The molecule has 2 heterocycles. The van der Waals surface area contributed by atoms with Gasteiger partial charge < -0.3 is 24.7 Å². The van der Waals surface area contributed by atoms with Gasteiger partial charge in [-0.15, -0.1) is 11.8 Å². The molecule has 0 aliphatic carbocycles. The molecule has 8 heteroatoms. The zero-order valence-corrected chi connectivity index (χ0v) is 29.5. The maximum Gasteiger partial charge on any atom is 0.251 e. The molecule has 1 aromatic heterocycles. The van der Waals surface area contributed by atoms with Gasteiger partial charge in [0, 0.05) is 53.4 Å². The molecule has 1 aliphatic rings. The molecule has 0 saturated carbocycles. The lowest BCUT2D eigenvalue weighted by molar-refractivity contribution is -0.112. The first-order valence-electron chi connectivity index (χ1n) is 17.5. The van der Waals surface area contributed by atoms with E-state index in [1.54, 1.807) is 11.8 Å². The number of H-pyrrole nitrogens is 1. The van der Waals surface area contributed by atoms with Crippen molar-refractivity contribution < 1.29 is 14.3 Å². The number of carbonyl (C=O) groups is 1.